The molecule has 3 saturated heterocycles. The number of nitrogens with zero attached hydrogens (tertiary/aromatic N) is 3. The highest BCUT2D eigenvalue weighted by molar-refractivity contribution is 7.09. The zero-order valence-corrected chi connectivity index (χ0v) is 21.2. The van der Waals surface area contributed by atoms with Gasteiger partial charge in [0.2, 0.25) is 5.91 Å². The second-order valence-electron chi connectivity index (χ2n) is 9.06. The number of piperazine rings is 1. The first-order chi connectivity index (χ1) is 17.6. The molecule has 1 amide bonds. The van der Waals surface area contributed by atoms with Crippen molar-refractivity contribution >= 4 is 29.2 Å². The quantitative estimate of drug-likeness (QED) is 0.526. The van der Waals surface area contributed by atoms with Crippen LogP contribution in [0, 0.1) is 5.92 Å². The Kier molecular flexibility index (Phi) is 11.4. The van der Waals surface area contributed by atoms with Crippen LogP contribution in [0.3, 0.4) is 0 Å². The number of rotatable bonds is 4. The highest BCUT2D eigenvalue weighted by atomic mass is 32.1. The van der Waals surface area contributed by atoms with Gasteiger partial charge in [-0.2, -0.15) is 26.3 Å². The highest BCUT2D eigenvalue weighted by Gasteiger charge is 2.43. The molecule has 3 aliphatic heterocycles. The van der Waals surface area contributed by atoms with Gasteiger partial charge < -0.3 is 24.7 Å². The number of ether oxygens (including phenoxy) is 1. The molecule has 3 atom stereocenters. The van der Waals surface area contributed by atoms with Crippen molar-refractivity contribution in [3.05, 3.63) is 22.4 Å². The summed E-state index contributed by atoms with van der Waals surface area (Å²) in [5, 5.41) is 16.4. The van der Waals surface area contributed by atoms with Crippen molar-refractivity contribution in [2.45, 2.75) is 43.9 Å². The van der Waals surface area contributed by atoms with Gasteiger partial charge in [0, 0.05) is 56.6 Å². The lowest BCUT2D eigenvalue weighted by atomic mass is 10.0. The van der Waals surface area contributed by atoms with E-state index in [9.17, 15) is 31.1 Å². The van der Waals surface area contributed by atoms with Gasteiger partial charge in [-0.3, -0.25) is 9.69 Å². The second kappa shape index (κ2) is 13.6. The van der Waals surface area contributed by atoms with Gasteiger partial charge in [0.25, 0.3) is 0 Å². The standard InChI is InChI=1S/C18H27N3O2S.2C2HF3O2/c1-19-4-6-21(7-5-19)18(22)10-15-9-14-11-20(13-17(14)23-15)12-16-3-2-8-24-16;2*3-2(4,5)1(6)7/h2-3,8,14-15,17H,4-7,9-13H2,1H3;2*(H,6,7)/t14-,15-,17+;;/m0../s1. The molecule has 1 aromatic rings. The van der Waals surface area contributed by atoms with E-state index >= 15 is 0 Å². The molecule has 9 nitrogen and oxygen atoms in total. The summed E-state index contributed by atoms with van der Waals surface area (Å²) in [6.45, 7) is 6.87. The van der Waals surface area contributed by atoms with Crippen molar-refractivity contribution in [1.29, 1.82) is 0 Å². The Labute approximate surface area is 218 Å². The van der Waals surface area contributed by atoms with Crippen LogP contribution >= 0.6 is 11.3 Å². The van der Waals surface area contributed by atoms with Crippen LogP contribution in [0.4, 0.5) is 26.3 Å². The van der Waals surface area contributed by atoms with Gasteiger partial charge in [-0.05, 0) is 24.9 Å². The van der Waals surface area contributed by atoms with E-state index in [4.69, 9.17) is 24.5 Å². The van der Waals surface area contributed by atoms with Crippen molar-refractivity contribution in [1.82, 2.24) is 14.7 Å². The lowest BCUT2D eigenvalue weighted by Gasteiger charge is -2.33. The first kappa shape index (κ1) is 31.8. The Morgan fingerprint density at radius 2 is 1.55 bits per heavy atom. The summed E-state index contributed by atoms with van der Waals surface area (Å²) < 4.78 is 69.7. The molecule has 3 fully saturated rings. The summed E-state index contributed by atoms with van der Waals surface area (Å²) in [4.78, 5) is 38.5. The molecular formula is C22H29F6N3O6S. The molecule has 3 aliphatic rings. The summed E-state index contributed by atoms with van der Waals surface area (Å²) in [5.74, 6) is -4.63. The molecule has 16 heteroatoms. The first-order valence-electron chi connectivity index (χ1n) is 11.5. The van der Waals surface area contributed by atoms with Gasteiger partial charge in [-0.25, -0.2) is 9.59 Å². The van der Waals surface area contributed by atoms with Crippen LogP contribution in [0.1, 0.15) is 17.7 Å². The Bertz CT molecular complexity index is 884. The number of carbonyl (C=O) groups excluding carboxylic acids is 1. The van der Waals surface area contributed by atoms with Gasteiger partial charge in [0.15, 0.2) is 0 Å². The Morgan fingerprint density at radius 1 is 1.00 bits per heavy atom. The predicted octanol–water partition coefficient (Wildman–Crippen LogP) is 2.77. The molecule has 0 saturated carbocycles. The van der Waals surface area contributed by atoms with Gasteiger partial charge in [0.05, 0.1) is 18.6 Å². The lowest BCUT2D eigenvalue weighted by Crippen LogP contribution is -2.47. The molecule has 0 bridgehead atoms. The minimum Gasteiger partial charge on any atom is -0.475 e. The second-order valence-corrected chi connectivity index (χ2v) is 10.1. The third-order valence-electron chi connectivity index (χ3n) is 6.09. The maximum atomic E-state index is 12.5. The number of carboxylic acids is 2. The summed E-state index contributed by atoms with van der Waals surface area (Å²) in [5.41, 5.74) is 0. The average molecular weight is 578 g/mol. The van der Waals surface area contributed by atoms with E-state index in [1.54, 1.807) is 0 Å². The third-order valence-corrected chi connectivity index (χ3v) is 6.95. The van der Waals surface area contributed by atoms with E-state index in [2.05, 4.69) is 34.4 Å². The molecule has 0 unspecified atom stereocenters. The molecular weight excluding hydrogens is 548 g/mol. The maximum absolute atomic E-state index is 12.5. The Hall–Kier alpha value is -2.43. The van der Waals surface area contributed by atoms with Crippen LogP contribution in [0.5, 0.6) is 0 Å². The zero-order valence-electron chi connectivity index (χ0n) is 20.4. The van der Waals surface area contributed by atoms with Gasteiger partial charge in [-0.1, -0.05) is 6.07 Å². The van der Waals surface area contributed by atoms with Crippen LogP contribution in [0.2, 0.25) is 0 Å². The van der Waals surface area contributed by atoms with Gasteiger partial charge in [-0.15, -0.1) is 11.3 Å². The summed E-state index contributed by atoms with van der Waals surface area (Å²) in [7, 11) is 2.12. The van der Waals surface area contributed by atoms with Crippen molar-refractivity contribution in [3.8, 4) is 0 Å². The summed E-state index contributed by atoms with van der Waals surface area (Å²) in [6, 6.07) is 4.32. The van der Waals surface area contributed by atoms with E-state index in [0.29, 0.717) is 18.4 Å². The van der Waals surface area contributed by atoms with Crippen molar-refractivity contribution in [2.75, 3.05) is 46.3 Å². The molecule has 4 rings (SSSR count). The molecule has 0 radical (unpaired) electrons. The molecule has 0 aliphatic carbocycles. The number of carboxylic acid groups (broad SMARTS) is 2. The molecule has 38 heavy (non-hydrogen) atoms. The fourth-order valence-electron chi connectivity index (χ4n) is 4.21. The van der Waals surface area contributed by atoms with Crippen molar-refractivity contribution in [2.24, 2.45) is 5.92 Å². The fourth-order valence-corrected chi connectivity index (χ4v) is 4.96. The molecule has 1 aromatic heterocycles. The number of alkyl halides is 6. The number of hydrogen-bond donors (Lipinski definition) is 2. The largest absolute Gasteiger partial charge is 0.490 e. The molecule has 4 heterocycles. The minimum absolute atomic E-state index is 0.135. The van der Waals surface area contributed by atoms with Crippen LogP contribution in [-0.4, -0.2) is 114 Å². The van der Waals surface area contributed by atoms with E-state index in [1.807, 2.05) is 16.2 Å². The van der Waals surface area contributed by atoms with Crippen LogP contribution in [-0.2, 0) is 25.7 Å². The number of amides is 1. The SMILES string of the molecule is CN1CCN(C(=O)C[C@@H]2C[C@H]3CN(Cc4cccs4)C[C@H]3O2)CC1.O=C(O)C(F)(F)F.O=C(O)C(F)(F)F. The Morgan fingerprint density at radius 3 is 2.00 bits per heavy atom. The monoisotopic (exact) mass is 577 g/mol. The average Bonchev–Trinajstić information content (AvgIpc) is 3.51. The van der Waals surface area contributed by atoms with Gasteiger partial charge >= 0.3 is 24.3 Å². The normalized spacial score (nSPS) is 24.1. The molecule has 2 N–H and O–H groups in total. The number of likely N-dealkylation sites (tertiary alicyclic amines) is 1. The van der Waals surface area contributed by atoms with E-state index < -0.39 is 24.3 Å². The number of thiophene rings is 1. The molecule has 216 valence electrons. The van der Waals surface area contributed by atoms with Crippen LogP contribution < -0.4 is 0 Å². The first-order valence-corrected chi connectivity index (χ1v) is 12.4. The number of carbonyl (C=O) groups is 3. The van der Waals surface area contributed by atoms with Gasteiger partial charge in [0.1, 0.15) is 0 Å². The highest BCUT2D eigenvalue weighted by Crippen LogP contribution is 2.35. The van der Waals surface area contributed by atoms with E-state index in [1.165, 1.54) is 4.88 Å². The summed E-state index contributed by atoms with van der Waals surface area (Å²) >= 11 is 1.83. The Balaban J connectivity index is 0.000000301. The smallest absolute Gasteiger partial charge is 0.475 e. The number of fused-ring (bicyclic) bond motifs is 1. The topological polar surface area (TPSA) is 111 Å². The lowest BCUT2D eigenvalue weighted by molar-refractivity contribution is -0.193. The van der Waals surface area contributed by atoms with Crippen LogP contribution in [0.15, 0.2) is 17.5 Å². The molecule has 0 spiro atoms. The number of halogens is 6. The number of aliphatic carboxylic acids is 2. The van der Waals surface area contributed by atoms with Crippen LogP contribution in [0.25, 0.3) is 0 Å². The summed E-state index contributed by atoms with van der Waals surface area (Å²) in [6.07, 6.45) is -8.08. The fraction of sp³-hybridized carbons (Fsp3) is 0.682. The van der Waals surface area contributed by atoms with E-state index in [0.717, 1.165) is 52.2 Å². The number of likely N-dealkylation sites (N-methyl/N-ethyl adjacent to an activating group) is 1. The third kappa shape index (κ3) is 10.4. The van der Waals surface area contributed by atoms with Crippen molar-refractivity contribution < 1.29 is 55.7 Å². The molecule has 0 aromatic carbocycles. The zero-order chi connectivity index (χ0) is 28.7. The number of hydrogen-bond acceptors (Lipinski definition) is 7. The van der Waals surface area contributed by atoms with E-state index in [-0.39, 0.29) is 12.0 Å². The van der Waals surface area contributed by atoms with Crippen molar-refractivity contribution in [3.63, 3.8) is 0 Å². The predicted molar refractivity (Wildman–Crippen MR) is 122 cm³/mol. The maximum Gasteiger partial charge on any atom is 0.490 e. The minimum atomic E-state index is -5.08.